The predicted molar refractivity (Wildman–Crippen MR) is 158 cm³/mol. The molecule has 1 amide bonds. The fraction of sp³-hybridized carbons (Fsp3) is 0.667. The number of hydrogen-bond donors (Lipinski definition) is 1. The maximum absolute atomic E-state index is 14.2. The first-order valence-electron chi connectivity index (χ1n) is 16.4. The molecule has 3 heterocycles. The highest BCUT2D eigenvalue weighted by molar-refractivity contribution is 5.95. The number of rotatable bonds is 10. The highest BCUT2D eigenvalue weighted by atomic mass is 16.5. The maximum Gasteiger partial charge on any atom is 0.258 e. The zero-order valence-corrected chi connectivity index (χ0v) is 24.9. The Kier molecular flexibility index (Phi) is 6.89. The SMILES string of the molecule is O=C(CN1CCCC(CO)C1)N(CC12CCC(c3nc(C4CC4)no3)(CC1)CC2)c1cccc(-c2nc(C3CC3)no2)c1. The third-order valence-corrected chi connectivity index (χ3v) is 11.0. The van der Waals surface area contributed by atoms with Crippen LogP contribution in [-0.2, 0) is 10.2 Å². The molecular weight excluding hydrogens is 544 g/mol. The van der Waals surface area contributed by atoms with Gasteiger partial charge in [0.1, 0.15) is 0 Å². The molecule has 2 aromatic heterocycles. The van der Waals surface area contributed by atoms with E-state index in [1.807, 2.05) is 29.2 Å². The van der Waals surface area contributed by atoms with E-state index in [0.717, 1.165) is 106 Å². The first-order chi connectivity index (χ1) is 21.0. The molecule has 1 aromatic carbocycles. The minimum atomic E-state index is -0.0129. The lowest BCUT2D eigenvalue weighted by Gasteiger charge is -2.53. The van der Waals surface area contributed by atoms with Crippen LogP contribution < -0.4 is 4.90 Å². The summed E-state index contributed by atoms with van der Waals surface area (Å²) >= 11 is 0. The van der Waals surface area contributed by atoms with Crippen LogP contribution in [0.25, 0.3) is 11.5 Å². The van der Waals surface area contributed by atoms with Crippen LogP contribution in [0, 0.1) is 11.3 Å². The van der Waals surface area contributed by atoms with Crippen LogP contribution >= 0.6 is 0 Å². The quantitative estimate of drug-likeness (QED) is 0.341. The van der Waals surface area contributed by atoms with E-state index in [-0.39, 0.29) is 29.3 Å². The van der Waals surface area contributed by atoms with Gasteiger partial charge in [0.05, 0.1) is 6.54 Å². The minimum Gasteiger partial charge on any atom is -0.396 e. The Bertz CT molecular complexity index is 1450. The number of likely N-dealkylation sites (tertiary alicyclic amines) is 1. The number of carbonyl (C=O) groups excluding carboxylic acids is 1. The van der Waals surface area contributed by atoms with E-state index in [1.54, 1.807) is 0 Å². The van der Waals surface area contributed by atoms with Crippen LogP contribution in [0.3, 0.4) is 0 Å². The molecule has 5 aliphatic carbocycles. The summed E-state index contributed by atoms with van der Waals surface area (Å²) in [5.41, 5.74) is 1.78. The van der Waals surface area contributed by atoms with Crippen molar-refractivity contribution in [3.8, 4) is 11.5 Å². The van der Waals surface area contributed by atoms with E-state index >= 15 is 0 Å². The summed E-state index contributed by atoms with van der Waals surface area (Å²) in [4.78, 5) is 28.0. The monoisotopic (exact) mass is 586 g/mol. The number of fused-ring (bicyclic) bond motifs is 3. The molecule has 0 spiro atoms. The molecule has 43 heavy (non-hydrogen) atoms. The van der Waals surface area contributed by atoms with Gasteiger partial charge in [0.15, 0.2) is 11.6 Å². The molecule has 3 aromatic rings. The number of aliphatic hydroxyl groups is 1. The summed E-state index contributed by atoms with van der Waals surface area (Å²) < 4.78 is 11.5. The van der Waals surface area contributed by atoms with Crippen molar-refractivity contribution in [2.24, 2.45) is 11.3 Å². The van der Waals surface area contributed by atoms with E-state index in [9.17, 15) is 9.90 Å². The average Bonchev–Trinajstić information content (AvgIpc) is 3.99. The second-order valence-electron chi connectivity index (χ2n) is 14.2. The molecule has 5 saturated carbocycles. The summed E-state index contributed by atoms with van der Waals surface area (Å²) in [6, 6.07) is 8.06. The zero-order chi connectivity index (χ0) is 29.0. The van der Waals surface area contributed by atoms with Gasteiger partial charge in [-0.15, -0.1) is 0 Å². The van der Waals surface area contributed by atoms with Crippen molar-refractivity contribution in [3.63, 3.8) is 0 Å². The Hall–Kier alpha value is -3.11. The molecule has 1 unspecified atom stereocenters. The van der Waals surface area contributed by atoms with Gasteiger partial charge in [0.2, 0.25) is 11.8 Å². The van der Waals surface area contributed by atoms with Gasteiger partial charge in [0, 0.05) is 48.2 Å². The molecule has 6 aliphatic rings. The lowest BCUT2D eigenvalue weighted by atomic mass is 9.53. The number of amides is 1. The Morgan fingerprint density at radius 2 is 1.67 bits per heavy atom. The van der Waals surface area contributed by atoms with E-state index in [4.69, 9.17) is 14.0 Å². The molecule has 9 rings (SSSR count). The average molecular weight is 587 g/mol. The fourth-order valence-corrected chi connectivity index (χ4v) is 7.82. The van der Waals surface area contributed by atoms with E-state index in [2.05, 4.69) is 20.2 Å². The van der Waals surface area contributed by atoms with Crippen LogP contribution in [-0.4, -0.2) is 69.0 Å². The molecular formula is C33H42N6O4. The molecule has 1 saturated heterocycles. The number of piperidine rings is 1. The molecule has 1 atom stereocenters. The summed E-state index contributed by atoms with van der Waals surface area (Å²) in [6.45, 7) is 2.89. The summed E-state index contributed by atoms with van der Waals surface area (Å²) in [5.74, 6) is 4.31. The molecule has 2 bridgehead atoms. The van der Waals surface area contributed by atoms with Crippen molar-refractivity contribution in [2.75, 3.05) is 37.7 Å². The minimum absolute atomic E-state index is 0.0129. The summed E-state index contributed by atoms with van der Waals surface area (Å²) in [7, 11) is 0. The smallest absolute Gasteiger partial charge is 0.258 e. The number of aromatic nitrogens is 4. The number of aliphatic hydroxyl groups excluding tert-OH is 1. The lowest BCUT2D eigenvalue weighted by molar-refractivity contribution is -0.121. The summed E-state index contributed by atoms with van der Waals surface area (Å²) in [6.07, 6.45) is 12.8. The Labute approximate surface area is 252 Å². The van der Waals surface area contributed by atoms with Crippen molar-refractivity contribution in [2.45, 2.75) is 94.3 Å². The van der Waals surface area contributed by atoms with Gasteiger partial charge >= 0.3 is 0 Å². The highest BCUT2D eigenvalue weighted by Gasteiger charge is 2.53. The molecule has 1 aliphatic heterocycles. The van der Waals surface area contributed by atoms with Gasteiger partial charge in [-0.3, -0.25) is 9.69 Å². The van der Waals surface area contributed by atoms with Crippen molar-refractivity contribution in [1.29, 1.82) is 0 Å². The lowest BCUT2D eigenvalue weighted by Crippen LogP contribution is -2.52. The van der Waals surface area contributed by atoms with Gasteiger partial charge in [-0.2, -0.15) is 9.97 Å². The Morgan fingerprint density at radius 1 is 0.953 bits per heavy atom. The van der Waals surface area contributed by atoms with Gasteiger partial charge in [-0.05, 0) is 113 Å². The van der Waals surface area contributed by atoms with Gasteiger partial charge in [0.25, 0.3) is 5.89 Å². The Balaban J connectivity index is 1.04. The van der Waals surface area contributed by atoms with E-state index in [1.165, 1.54) is 12.8 Å². The number of nitrogens with zero attached hydrogens (tertiary/aromatic N) is 6. The third kappa shape index (κ3) is 5.41. The van der Waals surface area contributed by atoms with Crippen LogP contribution in [0.1, 0.15) is 106 Å². The number of hydrogen-bond acceptors (Lipinski definition) is 9. The maximum atomic E-state index is 14.2. The fourth-order valence-electron chi connectivity index (χ4n) is 7.82. The first kappa shape index (κ1) is 27.4. The van der Waals surface area contributed by atoms with Crippen molar-refractivity contribution in [3.05, 3.63) is 41.8 Å². The number of carbonyl (C=O) groups is 1. The second-order valence-corrected chi connectivity index (χ2v) is 14.2. The highest BCUT2D eigenvalue weighted by Crippen LogP contribution is 2.58. The molecule has 6 fully saturated rings. The summed E-state index contributed by atoms with van der Waals surface area (Å²) in [5, 5.41) is 18.3. The van der Waals surface area contributed by atoms with Gasteiger partial charge in [-0.25, -0.2) is 0 Å². The molecule has 1 N–H and O–H groups in total. The normalized spacial score (nSPS) is 29.2. The first-order valence-corrected chi connectivity index (χ1v) is 16.4. The zero-order valence-electron chi connectivity index (χ0n) is 24.9. The molecule has 0 radical (unpaired) electrons. The molecule has 228 valence electrons. The van der Waals surface area contributed by atoms with E-state index < -0.39 is 0 Å². The second kappa shape index (κ2) is 10.8. The predicted octanol–water partition coefficient (Wildman–Crippen LogP) is 5.20. The van der Waals surface area contributed by atoms with Crippen molar-refractivity contribution < 1.29 is 18.9 Å². The van der Waals surface area contributed by atoms with E-state index in [0.29, 0.717) is 30.8 Å². The Morgan fingerprint density at radius 3 is 2.40 bits per heavy atom. The van der Waals surface area contributed by atoms with Crippen LogP contribution in [0.15, 0.2) is 33.3 Å². The number of benzene rings is 1. The van der Waals surface area contributed by atoms with Crippen LogP contribution in [0.2, 0.25) is 0 Å². The molecule has 10 heteroatoms. The van der Waals surface area contributed by atoms with Crippen LogP contribution in [0.5, 0.6) is 0 Å². The van der Waals surface area contributed by atoms with Crippen molar-refractivity contribution in [1.82, 2.24) is 25.2 Å². The largest absolute Gasteiger partial charge is 0.396 e. The van der Waals surface area contributed by atoms with Gasteiger partial charge in [-0.1, -0.05) is 16.4 Å². The number of anilines is 1. The molecule has 10 nitrogen and oxygen atoms in total. The topological polar surface area (TPSA) is 122 Å². The van der Waals surface area contributed by atoms with Gasteiger partial charge < -0.3 is 19.1 Å². The standard InChI is InChI=1S/C33H42N6O4/c40-20-22-3-2-16-38(18-22)19-27(41)39(26-5-1-4-25(17-26)30-34-28(36-42-30)23-6-7-23)21-32-10-13-33(14-11-32,15-12-32)31-35-29(37-43-31)24-8-9-24/h1,4-5,17,22-24,40H,2-3,6-16,18-21H2. The van der Waals surface area contributed by atoms with Crippen molar-refractivity contribution >= 4 is 11.6 Å². The third-order valence-electron chi connectivity index (χ3n) is 11.0. The van der Waals surface area contributed by atoms with Crippen LogP contribution in [0.4, 0.5) is 5.69 Å².